The number of fused-ring (bicyclic) bond motifs is 1. The Morgan fingerprint density at radius 2 is 2.12 bits per heavy atom. The fraction of sp³-hybridized carbons (Fsp3) is 0.333. The number of aromatic nitrogens is 2. The van der Waals surface area contributed by atoms with Crippen molar-refractivity contribution >= 4 is 27.7 Å². The Kier molecular flexibility index (Phi) is 2.72. The van der Waals surface area contributed by atoms with Crippen LogP contribution in [0.25, 0.3) is 10.9 Å². The molecule has 0 spiro atoms. The van der Waals surface area contributed by atoms with E-state index in [9.17, 15) is 4.79 Å². The highest BCUT2D eigenvalue weighted by Crippen LogP contribution is 2.24. The third-order valence-electron chi connectivity index (χ3n) is 2.54. The zero-order valence-corrected chi connectivity index (χ0v) is 10.2. The molecule has 0 aliphatic carbocycles. The van der Waals surface area contributed by atoms with E-state index in [1.54, 1.807) is 0 Å². The highest BCUT2D eigenvalue weighted by atomic mass is 35.5. The second-order valence-electron chi connectivity index (χ2n) is 4.18. The molecule has 2 rings (SSSR count). The van der Waals surface area contributed by atoms with Crippen molar-refractivity contribution in [3.05, 3.63) is 29.5 Å². The van der Waals surface area contributed by atoms with Gasteiger partial charge in [-0.1, -0.05) is 11.6 Å². The largest absolute Gasteiger partial charge is 0.274 e. The van der Waals surface area contributed by atoms with Crippen LogP contribution in [-0.2, 0) is 0 Å². The first kappa shape index (κ1) is 11.1. The number of benzene rings is 1. The number of halogens is 1. The lowest BCUT2D eigenvalue weighted by atomic mass is 10.1. The Morgan fingerprint density at radius 3 is 2.69 bits per heavy atom. The third-order valence-corrected chi connectivity index (χ3v) is 2.72. The molecule has 4 heteroatoms. The van der Waals surface area contributed by atoms with E-state index in [1.807, 2.05) is 43.7 Å². The molecule has 0 saturated carbocycles. The number of carbonyl (C=O) groups is 1. The fourth-order valence-corrected chi connectivity index (χ4v) is 1.93. The minimum absolute atomic E-state index is 0.204. The van der Waals surface area contributed by atoms with E-state index in [2.05, 4.69) is 5.10 Å². The first-order chi connectivity index (χ1) is 7.50. The van der Waals surface area contributed by atoms with E-state index in [0.29, 0.717) is 5.69 Å². The van der Waals surface area contributed by atoms with Gasteiger partial charge in [-0.3, -0.25) is 9.48 Å². The summed E-state index contributed by atoms with van der Waals surface area (Å²) in [4.78, 5) is 11.3. The van der Waals surface area contributed by atoms with Crippen molar-refractivity contribution in [3.8, 4) is 0 Å². The van der Waals surface area contributed by atoms with Crippen molar-refractivity contribution < 1.29 is 4.79 Å². The average Bonchev–Trinajstić information content (AvgIpc) is 2.56. The van der Waals surface area contributed by atoms with E-state index < -0.39 is 5.24 Å². The summed E-state index contributed by atoms with van der Waals surface area (Å²) in [5.74, 6) is 0. The molecule has 0 saturated heterocycles. The molecule has 0 atom stereocenters. The molecule has 1 aromatic carbocycles. The van der Waals surface area contributed by atoms with Crippen LogP contribution in [0.4, 0.5) is 0 Å². The molecule has 3 nitrogen and oxygen atoms in total. The Bertz CT molecular complexity index is 557. The zero-order chi connectivity index (χ0) is 11.9. The molecule has 0 N–H and O–H groups in total. The molecule has 0 fully saturated rings. The first-order valence-electron chi connectivity index (χ1n) is 5.19. The van der Waals surface area contributed by atoms with E-state index in [4.69, 9.17) is 11.6 Å². The molecule has 16 heavy (non-hydrogen) atoms. The van der Waals surface area contributed by atoms with Gasteiger partial charge in [-0.15, -0.1) is 0 Å². The number of hydrogen-bond donors (Lipinski definition) is 0. The average molecular weight is 237 g/mol. The summed E-state index contributed by atoms with van der Waals surface area (Å²) in [7, 11) is 0. The van der Waals surface area contributed by atoms with E-state index in [1.165, 1.54) is 0 Å². The Labute approximate surface area is 99.0 Å². The maximum Gasteiger partial charge on any atom is 0.273 e. The summed E-state index contributed by atoms with van der Waals surface area (Å²) < 4.78 is 1.82. The summed E-state index contributed by atoms with van der Waals surface area (Å²) in [5.41, 5.74) is 2.38. The van der Waals surface area contributed by atoms with Gasteiger partial charge in [0, 0.05) is 11.4 Å². The summed E-state index contributed by atoms with van der Waals surface area (Å²) >= 11 is 5.54. The van der Waals surface area contributed by atoms with Crippen LogP contribution in [0, 0.1) is 6.92 Å². The second-order valence-corrected chi connectivity index (χ2v) is 4.52. The van der Waals surface area contributed by atoms with Crippen molar-refractivity contribution in [2.24, 2.45) is 0 Å². The molecule has 0 aliphatic heterocycles. The van der Waals surface area contributed by atoms with Crippen LogP contribution >= 0.6 is 11.6 Å². The van der Waals surface area contributed by atoms with Crippen LogP contribution in [0.1, 0.15) is 35.9 Å². The lowest BCUT2D eigenvalue weighted by Gasteiger charge is -2.06. The monoisotopic (exact) mass is 236 g/mol. The van der Waals surface area contributed by atoms with Gasteiger partial charge >= 0.3 is 0 Å². The molecule has 0 unspecified atom stereocenters. The van der Waals surface area contributed by atoms with Gasteiger partial charge in [-0.05, 0) is 44.5 Å². The number of hydrogen-bond acceptors (Lipinski definition) is 2. The molecular weight excluding hydrogens is 224 g/mol. The van der Waals surface area contributed by atoms with Crippen LogP contribution in [0.2, 0.25) is 0 Å². The summed E-state index contributed by atoms with van der Waals surface area (Å²) in [6, 6.07) is 6.12. The molecule has 1 aromatic heterocycles. The van der Waals surface area contributed by atoms with E-state index >= 15 is 0 Å². The zero-order valence-electron chi connectivity index (χ0n) is 9.49. The number of rotatable bonds is 2. The van der Waals surface area contributed by atoms with Crippen LogP contribution in [0.5, 0.6) is 0 Å². The van der Waals surface area contributed by atoms with Crippen molar-refractivity contribution in [1.29, 1.82) is 0 Å². The fourth-order valence-electron chi connectivity index (χ4n) is 1.79. The van der Waals surface area contributed by atoms with Crippen LogP contribution < -0.4 is 0 Å². The standard InChI is InChI=1S/C12H13ClN2O/c1-7(2)15-10-5-4-8(3)6-9(10)11(14-15)12(13)16/h4-7H,1-3H3. The number of carbonyl (C=O) groups excluding carboxylic acids is 1. The van der Waals surface area contributed by atoms with E-state index in [0.717, 1.165) is 16.5 Å². The van der Waals surface area contributed by atoms with Crippen LogP contribution in [0.3, 0.4) is 0 Å². The lowest BCUT2D eigenvalue weighted by molar-refractivity contribution is 0.107. The van der Waals surface area contributed by atoms with Gasteiger partial charge < -0.3 is 0 Å². The van der Waals surface area contributed by atoms with Gasteiger partial charge in [-0.2, -0.15) is 5.10 Å². The Hall–Kier alpha value is -1.35. The molecule has 84 valence electrons. The van der Waals surface area contributed by atoms with Crippen molar-refractivity contribution in [2.45, 2.75) is 26.8 Å². The predicted molar refractivity (Wildman–Crippen MR) is 65.0 cm³/mol. The third kappa shape index (κ3) is 1.71. The normalized spacial score (nSPS) is 11.3. The molecular formula is C12H13ClN2O. The summed E-state index contributed by atoms with van der Waals surface area (Å²) in [5, 5.41) is 4.59. The molecule has 1 heterocycles. The van der Waals surface area contributed by atoms with Crippen LogP contribution in [0.15, 0.2) is 18.2 Å². The van der Waals surface area contributed by atoms with E-state index in [-0.39, 0.29) is 6.04 Å². The Morgan fingerprint density at radius 1 is 1.44 bits per heavy atom. The minimum Gasteiger partial charge on any atom is -0.274 e. The number of nitrogens with zero attached hydrogens (tertiary/aromatic N) is 2. The maximum atomic E-state index is 11.3. The molecule has 0 aliphatic rings. The topological polar surface area (TPSA) is 34.9 Å². The van der Waals surface area contributed by atoms with Gasteiger partial charge in [-0.25, -0.2) is 0 Å². The highest BCUT2D eigenvalue weighted by Gasteiger charge is 2.16. The van der Waals surface area contributed by atoms with Crippen molar-refractivity contribution in [3.63, 3.8) is 0 Å². The molecule has 2 aromatic rings. The Balaban J connectivity index is 2.81. The SMILES string of the molecule is Cc1ccc2c(c1)c(C(=O)Cl)nn2C(C)C. The van der Waals surface area contributed by atoms with Gasteiger partial charge in [0.1, 0.15) is 0 Å². The summed E-state index contributed by atoms with van der Waals surface area (Å²) in [6.07, 6.45) is 0. The molecule has 0 radical (unpaired) electrons. The van der Waals surface area contributed by atoms with Gasteiger partial charge in [0.2, 0.25) is 0 Å². The highest BCUT2D eigenvalue weighted by molar-refractivity contribution is 6.68. The first-order valence-corrected chi connectivity index (χ1v) is 5.57. The van der Waals surface area contributed by atoms with Crippen LogP contribution in [-0.4, -0.2) is 15.0 Å². The minimum atomic E-state index is -0.505. The van der Waals surface area contributed by atoms with Gasteiger partial charge in [0.25, 0.3) is 5.24 Å². The summed E-state index contributed by atoms with van der Waals surface area (Å²) in [6.45, 7) is 6.03. The van der Waals surface area contributed by atoms with Crippen molar-refractivity contribution in [1.82, 2.24) is 9.78 Å². The second kappa shape index (κ2) is 3.91. The quantitative estimate of drug-likeness (QED) is 0.750. The molecule has 0 amide bonds. The number of aryl methyl sites for hydroxylation is 1. The maximum absolute atomic E-state index is 11.3. The molecule has 0 bridgehead atoms. The smallest absolute Gasteiger partial charge is 0.273 e. The predicted octanol–water partition coefficient (Wildman–Crippen LogP) is 3.30. The van der Waals surface area contributed by atoms with Gasteiger partial charge in [0.05, 0.1) is 5.52 Å². The van der Waals surface area contributed by atoms with Crippen molar-refractivity contribution in [2.75, 3.05) is 0 Å². The lowest BCUT2D eigenvalue weighted by Crippen LogP contribution is -2.03. The van der Waals surface area contributed by atoms with Gasteiger partial charge in [0.15, 0.2) is 5.69 Å².